The first-order valence-corrected chi connectivity index (χ1v) is 12.5. The maximum Gasteiger partial charge on any atom is 0.416 e. The summed E-state index contributed by atoms with van der Waals surface area (Å²) in [6.45, 7) is 3.99. The van der Waals surface area contributed by atoms with E-state index in [4.69, 9.17) is 13.9 Å². The van der Waals surface area contributed by atoms with E-state index in [1.807, 2.05) is 6.07 Å². The Morgan fingerprint density at radius 2 is 1.84 bits per heavy atom. The molecule has 1 saturated heterocycles. The highest BCUT2D eigenvalue weighted by molar-refractivity contribution is 7.99. The van der Waals surface area contributed by atoms with Gasteiger partial charge < -0.3 is 38.7 Å². The normalized spacial score (nSPS) is 14.1. The molecule has 0 amide bonds. The fourth-order valence-electron chi connectivity index (χ4n) is 3.78. The average molecular weight is 579 g/mol. The molecule has 3 heterocycles. The Labute approximate surface area is 229 Å². The lowest BCUT2D eigenvalue weighted by Gasteiger charge is -2.25. The van der Waals surface area contributed by atoms with Gasteiger partial charge in [-0.2, -0.15) is 13.2 Å². The molecule has 0 spiro atoms. The lowest BCUT2D eigenvalue weighted by molar-refractivity contribution is -0.137. The third-order valence-corrected chi connectivity index (χ3v) is 6.83. The number of unbranched alkanes of at least 4 members (excludes halogenated alkanes) is 2. The van der Waals surface area contributed by atoms with Crippen LogP contribution in [0.5, 0.6) is 5.75 Å². The zero-order valence-electron chi connectivity index (χ0n) is 19.9. The molecule has 0 radical (unpaired) electrons. The van der Waals surface area contributed by atoms with E-state index in [0.717, 1.165) is 60.5 Å². The standard InChI is InChI=1S/C25H27F3N2O4S.2ClH/c26-25(27,28)18-4-5-20-21(14-18)29-7-6-24(20)35-13-3-1-2-10-33-23-17-34-19(15-22(23)31)16-30-8-11-32-12-9-30;;/h4-7,14-15,17H,1-3,8-13,16H2;2*1H/p-2. The van der Waals surface area contributed by atoms with Crippen LogP contribution < -0.4 is 35.0 Å². The molecule has 1 aromatic carbocycles. The molecule has 1 fully saturated rings. The van der Waals surface area contributed by atoms with Gasteiger partial charge in [-0.3, -0.25) is 14.7 Å². The molecule has 0 unspecified atom stereocenters. The van der Waals surface area contributed by atoms with Crippen LogP contribution in [0.1, 0.15) is 30.6 Å². The number of fused-ring (bicyclic) bond motifs is 1. The Bertz CT molecular complexity index is 1190. The molecular formula is C25H27Cl2F3N2O4S-2. The number of benzene rings is 1. The summed E-state index contributed by atoms with van der Waals surface area (Å²) < 4.78 is 55.3. The van der Waals surface area contributed by atoms with Gasteiger partial charge in [-0.1, -0.05) is 6.07 Å². The van der Waals surface area contributed by atoms with E-state index < -0.39 is 11.7 Å². The highest BCUT2D eigenvalue weighted by Crippen LogP contribution is 2.34. The first-order valence-electron chi connectivity index (χ1n) is 11.5. The molecule has 0 atom stereocenters. The van der Waals surface area contributed by atoms with E-state index in [-0.39, 0.29) is 36.0 Å². The van der Waals surface area contributed by atoms with E-state index in [9.17, 15) is 18.0 Å². The second-order valence-electron chi connectivity index (χ2n) is 8.26. The van der Waals surface area contributed by atoms with E-state index in [1.54, 1.807) is 11.8 Å². The molecule has 1 aliphatic heterocycles. The molecule has 3 aromatic rings. The minimum Gasteiger partial charge on any atom is -1.00 e. The Morgan fingerprint density at radius 3 is 2.57 bits per heavy atom. The fourth-order valence-corrected chi connectivity index (χ4v) is 4.83. The predicted octanol–water partition coefficient (Wildman–Crippen LogP) is -0.612. The Hall–Kier alpha value is -1.98. The van der Waals surface area contributed by atoms with Gasteiger partial charge in [0.15, 0.2) is 0 Å². The summed E-state index contributed by atoms with van der Waals surface area (Å²) in [5.41, 5.74) is -0.540. The Morgan fingerprint density at radius 1 is 1.05 bits per heavy atom. The molecule has 0 aliphatic carbocycles. The van der Waals surface area contributed by atoms with Crippen molar-refractivity contribution in [3.63, 3.8) is 0 Å². The van der Waals surface area contributed by atoms with Gasteiger partial charge in [0.1, 0.15) is 12.0 Å². The molecule has 4 rings (SSSR count). The number of hydrogen-bond donors (Lipinski definition) is 0. The highest BCUT2D eigenvalue weighted by atomic mass is 35.5. The third kappa shape index (κ3) is 9.07. The van der Waals surface area contributed by atoms with Crippen molar-refractivity contribution < 1.29 is 51.9 Å². The molecule has 204 valence electrons. The first kappa shape index (κ1) is 31.2. The summed E-state index contributed by atoms with van der Waals surface area (Å²) in [7, 11) is 0. The van der Waals surface area contributed by atoms with Crippen LogP contribution in [0.15, 0.2) is 56.9 Å². The Kier molecular flexibility index (Phi) is 12.5. The summed E-state index contributed by atoms with van der Waals surface area (Å²) in [5.74, 6) is 1.64. The van der Waals surface area contributed by atoms with E-state index >= 15 is 0 Å². The molecular weight excluding hydrogens is 552 g/mol. The van der Waals surface area contributed by atoms with Crippen LogP contribution in [0.3, 0.4) is 0 Å². The molecule has 37 heavy (non-hydrogen) atoms. The number of pyridine rings is 1. The minimum absolute atomic E-state index is 0. The molecule has 0 bridgehead atoms. The number of thioether (sulfide) groups is 1. The van der Waals surface area contributed by atoms with Gasteiger partial charge in [-0.15, -0.1) is 11.8 Å². The molecule has 2 aromatic heterocycles. The van der Waals surface area contributed by atoms with E-state index in [2.05, 4.69) is 9.88 Å². The fraction of sp³-hybridized carbons (Fsp3) is 0.440. The SMILES string of the molecule is O=c1cc(CN2CCOCC2)occ1OCCCCCSc1ccnc2cc(C(F)(F)F)ccc12.[Cl-].[Cl-]. The summed E-state index contributed by atoms with van der Waals surface area (Å²) in [6, 6.07) is 6.97. The molecule has 0 N–H and O–H groups in total. The monoisotopic (exact) mass is 578 g/mol. The second kappa shape index (κ2) is 14.8. The lowest BCUT2D eigenvalue weighted by atomic mass is 10.1. The van der Waals surface area contributed by atoms with Gasteiger partial charge in [-0.05, 0) is 43.2 Å². The third-order valence-electron chi connectivity index (χ3n) is 5.67. The van der Waals surface area contributed by atoms with Crippen molar-refractivity contribution in [1.29, 1.82) is 0 Å². The largest absolute Gasteiger partial charge is 1.00 e. The number of ether oxygens (including phenoxy) is 2. The minimum atomic E-state index is -4.38. The van der Waals surface area contributed by atoms with Crippen LogP contribution in [-0.2, 0) is 17.5 Å². The molecule has 1 aliphatic rings. The van der Waals surface area contributed by atoms with Gasteiger partial charge in [-0.25, -0.2) is 0 Å². The highest BCUT2D eigenvalue weighted by Gasteiger charge is 2.30. The predicted molar refractivity (Wildman–Crippen MR) is 128 cm³/mol. The van der Waals surface area contributed by atoms with Crippen molar-refractivity contribution in [2.24, 2.45) is 0 Å². The van der Waals surface area contributed by atoms with Gasteiger partial charge >= 0.3 is 6.18 Å². The summed E-state index contributed by atoms with van der Waals surface area (Å²) in [5, 5.41) is 0.720. The maximum absolute atomic E-state index is 12.9. The maximum atomic E-state index is 12.9. The number of hydrogen-bond acceptors (Lipinski definition) is 7. The van der Waals surface area contributed by atoms with Gasteiger partial charge in [0, 0.05) is 35.6 Å². The number of aromatic nitrogens is 1. The number of morpholine rings is 1. The number of rotatable bonds is 10. The van der Waals surface area contributed by atoms with Gasteiger partial charge in [0.25, 0.3) is 0 Å². The van der Waals surface area contributed by atoms with E-state index in [0.29, 0.717) is 37.6 Å². The van der Waals surface area contributed by atoms with Crippen molar-refractivity contribution in [1.82, 2.24) is 9.88 Å². The average Bonchev–Trinajstić information content (AvgIpc) is 2.84. The van der Waals surface area contributed by atoms with Crippen molar-refractivity contribution in [3.05, 3.63) is 64.3 Å². The summed E-state index contributed by atoms with van der Waals surface area (Å²) in [4.78, 5) is 19.5. The van der Waals surface area contributed by atoms with E-state index in [1.165, 1.54) is 24.6 Å². The van der Waals surface area contributed by atoms with Crippen LogP contribution in [-0.4, -0.2) is 48.5 Å². The summed E-state index contributed by atoms with van der Waals surface area (Å²) in [6.07, 6.45) is 1.12. The number of halogens is 5. The van der Waals surface area contributed by atoms with Crippen LogP contribution >= 0.6 is 11.8 Å². The smallest absolute Gasteiger partial charge is 0.416 e. The van der Waals surface area contributed by atoms with Gasteiger partial charge in [0.2, 0.25) is 11.2 Å². The Balaban J connectivity index is 0.00000241. The summed E-state index contributed by atoms with van der Waals surface area (Å²) >= 11 is 1.60. The van der Waals surface area contributed by atoms with Gasteiger partial charge in [0.05, 0.1) is 37.4 Å². The van der Waals surface area contributed by atoms with Crippen LogP contribution in [0.25, 0.3) is 10.9 Å². The molecule has 0 saturated carbocycles. The zero-order chi connectivity index (χ0) is 24.7. The lowest BCUT2D eigenvalue weighted by Crippen LogP contribution is -3.00. The van der Waals surface area contributed by atoms with Crippen molar-refractivity contribution in [2.45, 2.75) is 36.9 Å². The van der Waals surface area contributed by atoms with Crippen molar-refractivity contribution in [3.8, 4) is 5.75 Å². The van der Waals surface area contributed by atoms with Crippen LogP contribution in [0.4, 0.5) is 13.2 Å². The van der Waals surface area contributed by atoms with Crippen LogP contribution in [0, 0.1) is 0 Å². The zero-order valence-corrected chi connectivity index (χ0v) is 22.3. The molecule has 12 heteroatoms. The number of nitrogens with zero attached hydrogens (tertiary/aromatic N) is 2. The quantitative estimate of drug-likeness (QED) is 0.235. The molecule has 6 nitrogen and oxygen atoms in total. The topological polar surface area (TPSA) is 64.8 Å². The van der Waals surface area contributed by atoms with Crippen LogP contribution in [0.2, 0.25) is 0 Å². The van der Waals surface area contributed by atoms with Crippen molar-refractivity contribution in [2.75, 3.05) is 38.7 Å². The van der Waals surface area contributed by atoms with Crippen molar-refractivity contribution >= 4 is 22.7 Å². The first-order chi connectivity index (χ1) is 16.9. The number of alkyl halides is 3. The second-order valence-corrected chi connectivity index (χ2v) is 9.40.